The van der Waals surface area contributed by atoms with Gasteiger partial charge < -0.3 is 10.5 Å². The summed E-state index contributed by atoms with van der Waals surface area (Å²) < 4.78 is 5.20. The van der Waals surface area contributed by atoms with Crippen molar-refractivity contribution in [3.05, 3.63) is 23.9 Å². The monoisotopic (exact) mass is 235 g/mol. The minimum absolute atomic E-state index is 0.608. The molecule has 0 saturated carbocycles. The van der Waals surface area contributed by atoms with E-state index in [0.29, 0.717) is 5.82 Å². The first-order valence-electron chi connectivity index (χ1n) is 6.20. The fraction of sp³-hybridized carbons (Fsp3) is 0.615. The number of hydrogen-bond donors (Lipinski definition) is 1. The molecule has 0 unspecified atom stereocenters. The third-order valence-electron chi connectivity index (χ3n) is 3.32. The van der Waals surface area contributed by atoms with Gasteiger partial charge in [-0.1, -0.05) is 6.07 Å². The third kappa shape index (κ3) is 3.68. The predicted octanol–water partition coefficient (Wildman–Crippen LogP) is 1.52. The minimum atomic E-state index is 0.608. The van der Waals surface area contributed by atoms with E-state index in [9.17, 15) is 0 Å². The van der Waals surface area contributed by atoms with Crippen molar-refractivity contribution in [2.24, 2.45) is 5.92 Å². The van der Waals surface area contributed by atoms with Gasteiger partial charge in [0.2, 0.25) is 0 Å². The van der Waals surface area contributed by atoms with Crippen LogP contribution in [0.2, 0.25) is 0 Å². The molecule has 1 aromatic rings. The SMILES string of the molecule is COCC1CCN(Cc2cccc(N)n2)CC1. The van der Waals surface area contributed by atoms with E-state index in [1.54, 1.807) is 7.11 Å². The molecule has 1 fully saturated rings. The second kappa shape index (κ2) is 5.98. The number of likely N-dealkylation sites (tertiary alicyclic amines) is 1. The maximum Gasteiger partial charge on any atom is 0.123 e. The van der Waals surface area contributed by atoms with Gasteiger partial charge in [-0.2, -0.15) is 0 Å². The zero-order chi connectivity index (χ0) is 12.1. The van der Waals surface area contributed by atoms with E-state index in [0.717, 1.165) is 37.9 Å². The molecule has 17 heavy (non-hydrogen) atoms. The zero-order valence-electron chi connectivity index (χ0n) is 10.4. The summed E-state index contributed by atoms with van der Waals surface area (Å²) in [5.74, 6) is 1.34. The largest absolute Gasteiger partial charge is 0.384 e. The van der Waals surface area contributed by atoms with E-state index in [1.807, 2.05) is 18.2 Å². The second-order valence-corrected chi connectivity index (χ2v) is 4.73. The van der Waals surface area contributed by atoms with E-state index in [2.05, 4.69) is 9.88 Å². The maximum absolute atomic E-state index is 5.68. The van der Waals surface area contributed by atoms with Crippen molar-refractivity contribution in [1.29, 1.82) is 0 Å². The number of piperidine rings is 1. The fourth-order valence-corrected chi connectivity index (χ4v) is 2.36. The van der Waals surface area contributed by atoms with Crippen molar-refractivity contribution in [3.8, 4) is 0 Å². The molecule has 1 aliphatic rings. The van der Waals surface area contributed by atoms with Crippen LogP contribution in [-0.4, -0.2) is 36.7 Å². The number of aromatic nitrogens is 1. The molecule has 0 radical (unpaired) electrons. The van der Waals surface area contributed by atoms with Crippen LogP contribution in [0.15, 0.2) is 18.2 Å². The van der Waals surface area contributed by atoms with E-state index in [4.69, 9.17) is 10.5 Å². The number of ether oxygens (including phenoxy) is 1. The number of hydrogen-bond acceptors (Lipinski definition) is 4. The van der Waals surface area contributed by atoms with Gasteiger partial charge >= 0.3 is 0 Å². The van der Waals surface area contributed by atoms with Crippen molar-refractivity contribution < 1.29 is 4.74 Å². The van der Waals surface area contributed by atoms with Gasteiger partial charge in [0.1, 0.15) is 5.82 Å². The van der Waals surface area contributed by atoms with Gasteiger partial charge in [-0.15, -0.1) is 0 Å². The van der Waals surface area contributed by atoms with Crippen LogP contribution >= 0.6 is 0 Å². The standard InChI is InChI=1S/C13H21N3O/c1-17-10-11-5-7-16(8-6-11)9-12-3-2-4-13(14)15-12/h2-4,11H,5-10H2,1H3,(H2,14,15). The Kier molecular flexibility index (Phi) is 4.34. The summed E-state index contributed by atoms with van der Waals surface area (Å²) in [4.78, 5) is 6.77. The van der Waals surface area contributed by atoms with E-state index in [1.165, 1.54) is 12.8 Å². The zero-order valence-corrected chi connectivity index (χ0v) is 10.4. The molecule has 1 aromatic heterocycles. The van der Waals surface area contributed by atoms with Crippen LogP contribution in [-0.2, 0) is 11.3 Å². The van der Waals surface area contributed by atoms with Crippen molar-refractivity contribution in [2.45, 2.75) is 19.4 Å². The molecular formula is C13H21N3O. The number of nitrogen functional groups attached to an aromatic ring is 1. The van der Waals surface area contributed by atoms with Gasteiger partial charge in [0.15, 0.2) is 0 Å². The first kappa shape index (κ1) is 12.3. The van der Waals surface area contributed by atoms with Gasteiger partial charge in [0.05, 0.1) is 5.69 Å². The summed E-state index contributed by atoms with van der Waals surface area (Å²) >= 11 is 0. The van der Waals surface area contributed by atoms with E-state index in [-0.39, 0.29) is 0 Å². The molecular weight excluding hydrogens is 214 g/mol. The Morgan fingerprint density at radius 2 is 2.18 bits per heavy atom. The van der Waals surface area contributed by atoms with Crippen LogP contribution in [0, 0.1) is 5.92 Å². The fourth-order valence-electron chi connectivity index (χ4n) is 2.36. The Bertz CT molecular complexity index is 348. The van der Waals surface area contributed by atoms with Crippen LogP contribution in [0.3, 0.4) is 0 Å². The van der Waals surface area contributed by atoms with Crippen LogP contribution in [0.1, 0.15) is 18.5 Å². The highest BCUT2D eigenvalue weighted by atomic mass is 16.5. The predicted molar refractivity (Wildman–Crippen MR) is 68.5 cm³/mol. The molecule has 2 rings (SSSR count). The molecule has 2 heterocycles. The Balaban J connectivity index is 1.82. The van der Waals surface area contributed by atoms with Crippen LogP contribution < -0.4 is 5.73 Å². The summed E-state index contributed by atoms with van der Waals surface area (Å²) in [6.07, 6.45) is 2.44. The molecule has 4 heteroatoms. The summed E-state index contributed by atoms with van der Waals surface area (Å²) in [5.41, 5.74) is 6.74. The topological polar surface area (TPSA) is 51.4 Å². The van der Waals surface area contributed by atoms with E-state index >= 15 is 0 Å². The third-order valence-corrected chi connectivity index (χ3v) is 3.32. The lowest BCUT2D eigenvalue weighted by atomic mass is 9.98. The van der Waals surface area contributed by atoms with Gasteiger partial charge in [-0.25, -0.2) is 4.98 Å². The van der Waals surface area contributed by atoms with Gasteiger partial charge in [-0.3, -0.25) is 4.90 Å². The molecule has 2 N–H and O–H groups in total. The molecule has 0 bridgehead atoms. The number of rotatable bonds is 4. The quantitative estimate of drug-likeness (QED) is 0.859. The summed E-state index contributed by atoms with van der Waals surface area (Å²) in [5, 5.41) is 0. The van der Waals surface area contributed by atoms with Crippen LogP contribution in [0.25, 0.3) is 0 Å². The Labute approximate surface area is 103 Å². The summed E-state index contributed by atoms with van der Waals surface area (Å²) in [7, 11) is 1.78. The summed E-state index contributed by atoms with van der Waals surface area (Å²) in [6.45, 7) is 4.06. The number of nitrogens with two attached hydrogens (primary N) is 1. The van der Waals surface area contributed by atoms with Gasteiger partial charge in [0, 0.05) is 20.3 Å². The van der Waals surface area contributed by atoms with Crippen molar-refractivity contribution in [2.75, 3.05) is 32.5 Å². The maximum atomic E-state index is 5.68. The number of methoxy groups -OCH3 is 1. The molecule has 1 saturated heterocycles. The molecule has 0 spiro atoms. The molecule has 0 aromatic carbocycles. The first-order valence-corrected chi connectivity index (χ1v) is 6.20. The number of nitrogens with zero attached hydrogens (tertiary/aromatic N) is 2. The van der Waals surface area contributed by atoms with Crippen molar-refractivity contribution in [1.82, 2.24) is 9.88 Å². The Morgan fingerprint density at radius 1 is 1.41 bits per heavy atom. The lowest BCUT2D eigenvalue weighted by Crippen LogP contribution is -2.34. The highest BCUT2D eigenvalue weighted by molar-refractivity contribution is 5.28. The molecule has 0 amide bonds. The number of pyridine rings is 1. The second-order valence-electron chi connectivity index (χ2n) is 4.73. The lowest BCUT2D eigenvalue weighted by molar-refractivity contribution is 0.0963. The summed E-state index contributed by atoms with van der Waals surface area (Å²) in [6, 6.07) is 5.83. The Hall–Kier alpha value is -1.13. The first-order chi connectivity index (χ1) is 8.28. The van der Waals surface area contributed by atoms with Gasteiger partial charge in [-0.05, 0) is 44.0 Å². The Morgan fingerprint density at radius 3 is 2.82 bits per heavy atom. The molecule has 0 atom stereocenters. The van der Waals surface area contributed by atoms with Crippen LogP contribution in [0.4, 0.5) is 5.82 Å². The van der Waals surface area contributed by atoms with Gasteiger partial charge in [0.25, 0.3) is 0 Å². The molecule has 4 nitrogen and oxygen atoms in total. The van der Waals surface area contributed by atoms with Crippen molar-refractivity contribution in [3.63, 3.8) is 0 Å². The average Bonchev–Trinajstić information content (AvgIpc) is 2.32. The van der Waals surface area contributed by atoms with E-state index < -0.39 is 0 Å². The minimum Gasteiger partial charge on any atom is -0.384 e. The average molecular weight is 235 g/mol. The highest BCUT2D eigenvalue weighted by Gasteiger charge is 2.19. The molecule has 0 aliphatic carbocycles. The lowest BCUT2D eigenvalue weighted by Gasteiger charge is -2.31. The molecule has 94 valence electrons. The normalized spacial score (nSPS) is 18.4. The number of anilines is 1. The highest BCUT2D eigenvalue weighted by Crippen LogP contribution is 2.18. The molecule has 1 aliphatic heterocycles. The smallest absolute Gasteiger partial charge is 0.123 e. The van der Waals surface area contributed by atoms with Crippen LogP contribution in [0.5, 0.6) is 0 Å². The van der Waals surface area contributed by atoms with Crippen molar-refractivity contribution >= 4 is 5.82 Å².